The monoisotopic (exact) mass is 217 g/mol. The molecule has 0 amide bonds. The third kappa shape index (κ3) is 2.18. The molecule has 0 saturated carbocycles. The largest absolute Gasteiger partial charge is 0.256 e. The summed E-state index contributed by atoms with van der Waals surface area (Å²) in [6, 6.07) is 14.3. The molecule has 76 valence electrons. The van der Waals surface area contributed by atoms with Gasteiger partial charge in [-0.3, -0.25) is 4.98 Å². The third-order valence-corrected chi connectivity index (χ3v) is 2.58. The first-order valence-electron chi connectivity index (χ1n) is 4.89. The lowest BCUT2D eigenvalue weighted by molar-refractivity contribution is 1.11. The van der Waals surface area contributed by atoms with Crippen molar-refractivity contribution < 1.29 is 0 Å². The number of aryl methyl sites for hydroxylation is 1. The summed E-state index contributed by atoms with van der Waals surface area (Å²) in [6.45, 7) is 1.98. The van der Waals surface area contributed by atoms with Crippen LogP contribution in [0.4, 0.5) is 0 Å². The van der Waals surface area contributed by atoms with Crippen LogP contribution >= 0.6 is 11.6 Å². The number of halogens is 1. The Balaban J connectivity index is 2.53. The van der Waals surface area contributed by atoms with E-state index in [9.17, 15) is 0 Å². The van der Waals surface area contributed by atoms with Crippen LogP contribution in [0.1, 0.15) is 11.4 Å². The van der Waals surface area contributed by atoms with Crippen molar-refractivity contribution in [2.75, 3.05) is 0 Å². The van der Waals surface area contributed by atoms with Gasteiger partial charge in [0, 0.05) is 11.3 Å². The van der Waals surface area contributed by atoms with Crippen molar-refractivity contribution in [3.8, 4) is 11.1 Å². The fraction of sp³-hybridized carbons (Fsp3) is 0.154. The summed E-state index contributed by atoms with van der Waals surface area (Å²) < 4.78 is 0. The first-order valence-corrected chi connectivity index (χ1v) is 5.42. The molecule has 1 aromatic heterocycles. The van der Waals surface area contributed by atoms with E-state index in [1.165, 1.54) is 5.56 Å². The predicted octanol–water partition coefficient (Wildman–Crippen LogP) is 3.80. The summed E-state index contributed by atoms with van der Waals surface area (Å²) in [5, 5.41) is 0. The molecule has 1 heterocycles. The molecule has 0 radical (unpaired) electrons. The third-order valence-electron chi connectivity index (χ3n) is 2.32. The van der Waals surface area contributed by atoms with E-state index in [0.717, 1.165) is 17.0 Å². The molecule has 2 rings (SSSR count). The van der Waals surface area contributed by atoms with E-state index < -0.39 is 0 Å². The molecule has 15 heavy (non-hydrogen) atoms. The highest BCUT2D eigenvalue weighted by Crippen LogP contribution is 2.23. The molecule has 0 aliphatic rings. The van der Waals surface area contributed by atoms with E-state index in [-0.39, 0.29) is 0 Å². The highest BCUT2D eigenvalue weighted by Gasteiger charge is 2.04. The fourth-order valence-corrected chi connectivity index (χ4v) is 1.80. The Labute approximate surface area is 94.7 Å². The number of alkyl halides is 1. The maximum Gasteiger partial charge on any atom is 0.0653 e. The molecular weight excluding hydrogens is 206 g/mol. The second-order valence-electron chi connectivity index (χ2n) is 3.45. The number of nitrogens with zero attached hydrogens (tertiary/aromatic N) is 1. The lowest BCUT2D eigenvalue weighted by Crippen LogP contribution is -1.93. The predicted molar refractivity (Wildman–Crippen MR) is 64.0 cm³/mol. The zero-order valence-corrected chi connectivity index (χ0v) is 9.33. The van der Waals surface area contributed by atoms with Gasteiger partial charge >= 0.3 is 0 Å². The van der Waals surface area contributed by atoms with E-state index in [0.29, 0.717) is 5.88 Å². The molecule has 1 aromatic carbocycles. The normalized spacial score (nSPS) is 10.3. The number of aromatic nitrogens is 1. The van der Waals surface area contributed by atoms with Gasteiger partial charge in [0.25, 0.3) is 0 Å². The minimum Gasteiger partial charge on any atom is -0.256 e. The topological polar surface area (TPSA) is 12.9 Å². The summed E-state index contributed by atoms with van der Waals surface area (Å²) in [5.41, 5.74) is 4.24. The van der Waals surface area contributed by atoms with E-state index in [1.54, 1.807) is 0 Å². The molecular formula is C13H12ClN. The van der Waals surface area contributed by atoms with Gasteiger partial charge in [0.2, 0.25) is 0 Å². The Morgan fingerprint density at radius 2 is 1.80 bits per heavy atom. The molecule has 0 atom stereocenters. The van der Waals surface area contributed by atoms with Gasteiger partial charge in [-0.05, 0) is 18.6 Å². The highest BCUT2D eigenvalue weighted by molar-refractivity contribution is 6.17. The highest BCUT2D eigenvalue weighted by atomic mass is 35.5. The molecule has 2 heteroatoms. The molecule has 0 bridgehead atoms. The van der Waals surface area contributed by atoms with Gasteiger partial charge in [0.15, 0.2) is 0 Å². The number of benzene rings is 1. The van der Waals surface area contributed by atoms with Crippen molar-refractivity contribution in [3.63, 3.8) is 0 Å². The quantitative estimate of drug-likeness (QED) is 0.698. The standard InChI is InChI=1S/C13H12ClN/c1-10-7-8-12(13(9-14)15-10)11-5-3-2-4-6-11/h2-8H,9H2,1H3. The van der Waals surface area contributed by atoms with E-state index in [1.807, 2.05) is 31.2 Å². The Hall–Kier alpha value is -1.34. The van der Waals surface area contributed by atoms with Gasteiger partial charge in [-0.15, -0.1) is 11.6 Å². The van der Waals surface area contributed by atoms with Crippen LogP contribution in [0.3, 0.4) is 0 Å². The van der Waals surface area contributed by atoms with Gasteiger partial charge in [-0.2, -0.15) is 0 Å². The molecule has 0 spiro atoms. The SMILES string of the molecule is Cc1ccc(-c2ccccc2)c(CCl)n1. The van der Waals surface area contributed by atoms with Gasteiger partial charge in [-0.25, -0.2) is 0 Å². The Kier molecular flexibility index (Phi) is 3.02. The Bertz CT molecular complexity index is 451. The first kappa shape index (κ1) is 10.2. The molecule has 1 nitrogen and oxygen atoms in total. The molecule has 0 saturated heterocycles. The van der Waals surface area contributed by atoms with Gasteiger partial charge in [0.05, 0.1) is 11.6 Å². The summed E-state index contributed by atoms with van der Waals surface area (Å²) in [6.07, 6.45) is 0. The minimum atomic E-state index is 0.450. The van der Waals surface area contributed by atoms with Gasteiger partial charge in [-0.1, -0.05) is 36.4 Å². The van der Waals surface area contributed by atoms with Crippen molar-refractivity contribution >= 4 is 11.6 Å². The van der Waals surface area contributed by atoms with Crippen LogP contribution in [0.2, 0.25) is 0 Å². The lowest BCUT2D eigenvalue weighted by Gasteiger charge is -2.07. The summed E-state index contributed by atoms with van der Waals surface area (Å²) in [4.78, 5) is 4.44. The second kappa shape index (κ2) is 4.45. The van der Waals surface area contributed by atoms with E-state index in [4.69, 9.17) is 11.6 Å². The maximum absolute atomic E-state index is 5.89. The van der Waals surface area contributed by atoms with Crippen LogP contribution in [-0.4, -0.2) is 4.98 Å². The van der Waals surface area contributed by atoms with Crippen molar-refractivity contribution in [2.24, 2.45) is 0 Å². The van der Waals surface area contributed by atoms with E-state index in [2.05, 4.69) is 23.2 Å². The van der Waals surface area contributed by atoms with E-state index >= 15 is 0 Å². The Morgan fingerprint density at radius 3 is 2.47 bits per heavy atom. The average molecular weight is 218 g/mol. The first-order chi connectivity index (χ1) is 7.31. The summed E-state index contributed by atoms with van der Waals surface area (Å²) >= 11 is 5.89. The minimum absolute atomic E-state index is 0.450. The Morgan fingerprint density at radius 1 is 1.07 bits per heavy atom. The van der Waals surface area contributed by atoms with Crippen LogP contribution < -0.4 is 0 Å². The summed E-state index contributed by atoms with van der Waals surface area (Å²) in [5.74, 6) is 0.450. The number of hydrogen-bond donors (Lipinski definition) is 0. The van der Waals surface area contributed by atoms with Crippen molar-refractivity contribution in [1.29, 1.82) is 0 Å². The zero-order valence-electron chi connectivity index (χ0n) is 8.57. The van der Waals surface area contributed by atoms with Gasteiger partial charge in [0.1, 0.15) is 0 Å². The average Bonchev–Trinajstić information content (AvgIpc) is 2.30. The van der Waals surface area contributed by atoms with Crippen LogP contribution in [0.15, 0.2) is 42.5 Å². The smallest absolute Gasteiger partial charge is 0.0653 e. The molecule has 0 unspecified atom stereocenters. The lowest BCUT2D eigenvalue weighted by atomic mass is 10.0. The molecule has 0 fully saturated rings. The second-order valence-corrected chi connectivity index (χ2v) is 3.71. The molecule has 0 aliphatic heterocycles. The van der Waals surface area contributed by atoms with Gasteiger partial charge < -0.3 is 0 Å². The molecule has 2 aromatic rings. The van der Waals surface area contributed by atoms with Crippen LogP contribution in [0.25, 0.3) is 11.1 Å². The van der Waals surface area contributed by atoms with Crippen LogP contribution in [-0.2, 0) is 5.88 Å². The van der Waals surface area contributed by atoms with Crippen LogP contribution in [0, 0.1) is 6.92 Å². The molecule has 0 aliphatic carbocycles. The van der Waals surface area contributed by atoms with Crippen LogP contribution in [0.5, 0.6) is 0 Å². The van der Waals surface area contributed by atoms with Crippen molar-refractivity contribution in [2.45, 2.75) is 12.8 Å². The fourth-order valence-electron chi connectivity index (χ4n) is 1.59. The zero-order chi connectivity index (χ0) is 10.7. The van der Waals surface area contributed by atoms with Crippen molar-refractivity contribution in [3.05, 3.63) is 53.9 Å². The summed E-state index contributed by atoms with van der Waals surface area (Å²) in [7, 11) is 0. The maximum atomic E-state index is 5.89. The number of rotatable bonds is 2. The van der Waals surface area contributed by atoms with Crippen molar-refractivity contribution in [1.82, 2.24) is 4.98 Å². The number of hydrogen-bond acceptors (Lipinski definition) is 1. The molecule has 0 N–H and O–H groups in total. The number of pyridine rings is 1.